The Kier molecular flexibility index (Phi) is 11.4. The Balaban J connectivity index is 2.02. The normalized spacial score (nSPS) is 17.0. The molecule has 1 aliphatic carbocycles. The summed E-state index contributed by atoms with van der Waals surface area (Å²) in [6.45, 7) is 8.48. The van der Waals surface area contributed by atoms with Crippen LogP contribution >= 0.6 is 8.46 Å². The first-order valence-corrected chi connectivity index (χ1v) is 13.8. The fourth-order valence-corrected chi connectivity index (χ4v) is 6.62. The topological polar surface area (TPSA) is 34.1 Å². The summed E-state index contributed by atoms with van der Waals surface area (Å²) in [4.78, 5) is 14.0. The molecule has 0 amide bonds. The van der Waals surface area contributed by atoms with Crippen LogP contribution in [0.4, 0.5) is 0 Å². The van der Waals surface area contributed by atoms with E-state index in [1.165, 1.54) is 63.4 Å². The highest BCUT2D eigenvalue weighted by Crippen LogP contribution is 2.48. The minimum atomic E-state index is -0.438. The Bertz CT molecular complexity index is 680. The summed E-state index contributed by atoms with van der Waals surface area (Å²) in [6, 6.07) is 4.25. The first kappa shape index (κ1) is 26.2. The van der Waals surface area contributed by atoms with E-state index in [-0.39, 0.29) is 19.9 Å². The smallest absolute Gasteiger partial charge is 0.170 e. The number of Topliss-reactive ketones (excluding diaryl/α,β-unsaturated/α-hetero) is 1. The summed E-state index contributed by atoms with van der Waals surface area (Å²) in [5, 5.41) is 0. The van der Waals surface area contributed by atoms with Crippen molar-refractivity contribution < 1.29 is 9.36 Å². The molecule has 31 heavy (non-hydrogen) atoms. The zero-order chi connectivity index (χ0) is 22.7. The lowest BCUT2D eigenvalue weighted by Gasteiger charge is -2.40. The van der Waals surface area contributed by atoms with Crippen molar-refractivity contribution in [1.82, 2.24) is 0 Å². The van der Waals surface area contributed by atoms with Gasteiger partial charge in [0.15, 0.2) is 14.2 Å². The van der Waals surface area contributed by atoms with Crippen LogP contribution in [0.1, 0.15) is 130 Å². The van der Waals surface area contributed by atoms with Crippen molar-refractivity contribution in [1.29, 1.82) is 0 Å². The average Bonchev–Trinajstić information content (AvgIpc) is 2.75. The zero-order valence-electron chi connectivity index (χ0n) is 20.6. The molecule has 0 heterocycles. The fourth-order valence-electron chi connectivity index (χ4n) is 5.76. The maximum atomic E-state index is 14.0. The van der Waals surface area contributed by atoms with Gasteiger partial charge in [-0.25, -0.2) is 0 Å². The van der Waals surface area contributed by atoms with Crippen molar-refractivity contribution in [3.05, 3.63) is 34.4 Å². The third-order valence-electron chi connectivity index (χ3n) is 7.45. The van der Waals surface area contributed by atoms with Crippen LogP contribution in [0.25, 0.3) is 0 Å². The molecule has 2 nitrogen and oxygen atoms in total. The van der Waals surface area contributed by atoms with Gasteiger partial charge in [-0.1, -0.05) is 102 Å². The highest BCUT2D eigenvalue weighted by molar-refractivity contribution is 7.24. The van der Waals surface area contributed by atoms with Crippen LogP contribution in [-0.2, 0) is 4.57 Å². The molecule has 1 aromatic carbocycles. The summed E-state index contributed by atoms with van der Waals surface area (Å²) in [5.74, 6) is 0.270. The largest absolute Gasteiger partial charge is 0.293 e. The highest BCUT2D eigenvalue weighted by Gasteiger charge is 2.47. The Morgan fingerprint density at radius 1 is 0.871 bits per heavy atom. The number of hydrogen-bond acceptors (Lipinski definition) is 2. The summed E-state index contributed by atoms with van der Waals surface area (Å²) < 4.78 is 12.4. The quantitative estimate of drug-likeness (QED) is 0.163. The van der Waals surface area contributed by atoms with Crippen LogP contribution in [-0.4, -0.2) is 11.4 Å². The first-order chi connectivity index (χ1) is 15.0. The molecule has 0 bridgehead atoms. The summed E-state index contributed by atoms with van der Waals surface area (Å²) in [5.41, 5.74) is 3.79. The van der Waals surface area contributed by atoms with E-state index in [9.17, 15) is 9.36 Å². The van der Waals surface area contributed by atoms with Gasteiger partial charge < -0.3 is 0 Å². The number of rotatable bonds is 14. The summed E-state index contributed by atoms with van der Waals surface area (Å²) in [7, 11) is 0.170. The van der Waals surface area contributed by atoms with E-state index in [2.05, 4.69) is 39.8 Å². The predicted molar refractivity (Wildman–Crippen MR) is 134 cm³/mol. The molecule has 0 N–H and O–H groups in total. The van der Waals surface area contributed by atoms with Crippen LogP contribution in [0.3, 0.4) is 0 Å². The van der Waals surface area contributed by atoms with Crippen molar-refractivity contribution in [2.45, 2.75) is 130 Å². The van der Waals surface area contributed by atoms with E-state index in [4.69, 9.17) is 0 Å². The lowest BCUT2D eigenvalue weighted by Crippen LogP contribution is -2.42. The molecule has 3 heteroatoms. The van der Waals surface area contributed by atoms with E-state index in [1.54, 1.807) is 0 Å². The monoisotopic (exact) mass is 444 g/mol. The highest BCUT2D eigenvalue weighted by atomic mass is 31.1. The van der Waals surface area contributed by atoms with Gasteiger partial charge in [0.1, 0.15) is 0 Å². The Morgan fingerprint density at radius 3 is 1.90 bits per heavy atom. The molecule has 0 radical (unpaired) electrons. The Hall–Kier alpha value is -1.01. The minimum absolute atomic E-state index is 0.0371. The van der Waals surface area contributed by atoms with Gasteiger partial charge in [-0.15, -0.1) is 0 Å². The summed E-state index contributed by atoms with van der Waals surface area (Å²) in [6.07, 6.45) is 17.7. The van der Waals surface area contributed by atoms with Gasteiger partial charge in [-0.2, -0.15) is 0 Å². The van der Waals surface area contributed by atoms with Gasteiger partial charge in [0.2, 0.25) is 0 Å². The van der Waals surface area contributed by atoms with Crippen molar-refractivity contribution in [2.24, 2.45) is 5.41 Å². The number of aryl methyl sites for hydroxylation is 3. The first-order valence-electron chi connectivity index (χ1n) is 12.9. The van der Waals surface area contributed by atoms with Crippen molar-refractivity contribution in [2.75, 3.05) is 0 Å². The molecule has 2 rings (SSSR count). The van der Waals surface area contributed by atoms with Gasteiger partial charge in [-0.05, 0) is 51.2 Å². The standard InChI is InChI=1S/C28H45O2P/c1-5-6-7-8-9-10-11-12-14-17-25(31-30)28(18-15-13-16-19-28)27(29)26-23(3)20-22(2)21-24(26)4/h20-21,25H,5-19H2,1-4H3. The molecule has 0 saturated heterocycles. The second-order valence-electron chi connectivity index (χ2n) is 10.1. The second-order valence-corrected chi connectivity index (χ2v) is 10.9. The van der Waals surface area contributed by atoms with Crippen LogP contribution in [0.2, 0.25) is 0 Å². The molecule has 1 aliphatic rings. The number of hydrogen-bond donors (Lipinski definition) is 0. The number of carbonyl (C=O) groups is 1. The van der Waals surface area contributed by atoms with Crippen LogP contribution in [0.15, 0.2) is 12.1 Å². The second kappa shape index (κ2) is 13.5. The Labute approximate surface area is 193 Å². The van der Waals surface area contributed by atoms with Crippen molar-refractivity contribution in [3.63, 3.8) is 0 Å². The molecule has 0 aliphatic heterocycles. The molecule has 0 spiro atoms. The van der Waals surface area contributed by atoms with Crippen molar-refractivity contribution in [3.8, 4) is 0 Å². The third kappa shape index (κ3) is 7.24. The van der Waals surface area contributed by atoms with Crippen LogP contribution in [0, 0.1) is 26.2 Å². The molecule has 174 valence electrons. The minimum Gasteiger partial charge on any atom is -0.293 e. The molecule has 1 atom stereocenters. The van der Waals surface area contributed by atoms with Gasteiger partial charge in [-0.3, -0.25) is 9.36 Å². The molecule has 0 aromatic heterocycles. The van der Waals surface area contributed by atoms with E-state index < -0.39 is 5.41 Å². The van der Waals surface area contributed by atoms with Gasteiger partial charge in [0.25, 0.3) is 0 Å². The molecule has 1 saturated carbocycles. The summed E-state index contributed by atoms with van der Waals surface area (Å²) >= 11 is 0. The van der Waals surface area contributed by atoms with Crippen LogP contribution < -0.4 is 0 Å². The molecule has 1 fully saturated rings. The maximum absolute atomic E-state index is 14.0. The van der Waals surface area contributed by atoms with E-state index in [0.717, 1.165) is 55.2 Å². The fraction of sp³-hybridized carbons (Fsp3) is 0.750. The molecular weight excluding hydrogens is 399 g/mol. The van der Waals surface area contributed by atoms with Gasteiger partial charge >= 0.3 is 0 Å². The number of carbonyl (C=O) groups excluding carboxylic acids is 1. The SMILES string of the molecule is CCCCCCCCCCCC(P=O)C1(C(=O)c2c(C)cc(C)cc2C)CCCCC1. The lowest BCUT2D eigenvalue weighted by atomic mass is 9.65. The molecular formula is C28H45O2P. The predicted octanol–water partition coefficient (Wildman–Crippen LogP) is 9.33. The van der Waals surface area contributed by atoms with Gasteiger partial charge in [0, 0.05) is 11.0 Å². The molecule has 1 aromatic rings. The molecule has 1 unspecified atom stereocenters. The van der Waals surface area contributed by atoms with Gasteiger partial charge in [0.05, 0.1) is 5.66 Å². The zero-order valence-corrected chi connectivity index (χ0v) is 21.5. The number of unbranched alkanes of at least 4 members (excludes halogenated alkanes) is 8. The Morgan fingerprint density at radius 2 is 1.39 bits per heavy atom. The van der Waals surface area contributed by atoms with Crippen LogP contribution in [0.5, 0.6) is 0 Å². The van der Waals surface area contributed by atoms with Crippen molar-refractivity contribution >= 4 is 14.2 Å². The van der Waals surface area contributed by atoms with E-state index in [1.807, 2.05) is 0 Å². The third-order valence-corrected chi connectivity index (χ3v) is 8.46. The van der Waals surface area contributed by atoms with E-state index >= 15 is 0 Å². The average molecular weight is 445 g/mol. The number of benzene rings is 1. The number of ketones is 1. The lowest BCUT2D eigenvalue weighted by molar-refractivity contribution is 0.0692. The maximum Gasteiger partial charge on any atom is 0.170 e. The van der Waals surface area contributed by atoms with E-state index in [0.29, 0.717) is 0 Å².